The number of fused-ring (bicyclic) bond motifs is 3. The number of halogens is 3. The Bertz CT molecular complexity index is 1610. The first-order valence-corrected chi connectivity index (χ1v) is 12.9. The summed E-state index contributed by atoms with van der Waals surface area (Å²) in [7, 11) is 0. The molecule has 4 aromatic rings. The van der Waals surface area contributed by atoms with Crippen LogP contribution in [0.2, 0.25) is 5.02 Å². The number of hydrogen-bond donors (Lipinski definition) is 0. The van der Waals surface area contributed by atoms with Gasteiger partial charge < -0.3 is 14.5 Å². The Labute approximate surface area is 223 Å². The van der Waals surface area contributed by atoms with Crippen molar-refractivity contribution in [2.45, 2.75) is 57.8 Å². The summed E-state index contributed by atoms with van der Waals surface area (Å²) >= 11 is 6.29. The number of benzene rings is 2. The number of hydrogen-bond acceptors (Lipinski definition) is 6. The van der Waals surface area contributed by atoms with Gasteiger partial charge in [-0.3, -0.25) is 4.98 Å². The quantitative estimate of drug-likeness (QED) is 0.296. The molecule has 0 N–H and O–H groups in total. The molecule has 7 nitrogen and oxygen atoms in total. The van der Waals surface area contributed by atoms with Gasteiger partial charge in [-0.1, -0.05) is 35.9 Å². The maximum atomic E-state index is 16.0. The summed E-state index contributed by atoms with van der Waals surface area (Å²) in [6.07, 6.45) is 3.30. The van der Waals surface area contributed by atoms with Crippen molar-refractivity contribution in [2.24, 2.45) is 0 Å². The molecule has 196 valence electrons. The molecule has 0 saturated carbocycles. The monoisotopic (exact) mass is 537 g/mol. The summed E-state index contributed by atoms with van der Waals surface area (Å²) in [6, 6.07) is 8.02. The normalized spacial score (nSPS) is 21.1. The lowest BCUT2D eigenvalue weighted by atomic mass is 9.88. The predicted molar refractivity (Wildman–Crippen MR) is 142 cm³/mol. The Morgan fingerprint density at radius 1 is 1.13 bits per heavy atom. The smallest absolute Gasteiger partial charge is 0.410 e. The third-order valence-corrected chi connectivity index (χ3v) is 7.74. The van der Waals surface area contributed by atoms with Gasteiger partial charge in [0.15, 0.2) is 5.82 Å². The van der Waals surface area contributed by atoms with Gasteiger partial charge in [0.1, 0.15) is 34.8 Å². The standard InChI is InChI=1S/C28H26ClF2N5O2/c1-14-25-19(10-11-35(25)27(37)38-28(2,3)4)36(14)26-17-12-32-23(22(31)24(17)33-13-34-26)16-7-5-6-15-8-9-18(30)21(29)20(15)16/h5-9,12-14,19,25H,10-11H2,1-4H3/t14-,19+,25+/m0/s1. The van der Waals surface area contributed by atoms with E-state index in [-0.39, 0.29) is 40.5 Å². The molecule has 38 heavy (non-hydrogen) atoms. The van der Waals surface area contributed by atoms with E-state index in [1.54, 1.807) is 35.4 Å². The molecule has 0 bridgehead atoms. The van der Waals surface area contributed by atoms with Crippen molar-refractivity contribution in [3.63, 3.8) is 0 Å². The van der Waals surface area contributed by atoms with Crippen LogP contribution in [-0.2, 0) is 4.74 Å². The average molecular weight is 538 g/mol. The lowest BCUT2D eigenvalue weighted by Crippen LogP contribution is -2.69. The molecule has 3 atom stereocenters. The fourth-order valence-electron chi connectivity index (χ4n) is 5.81. The number of carbonyl (C=O) groups is 1. The number of amides is 1. The van der Waals surface area contributed by atoms with E-state index in [1.807, 2.05) is 27.7 Å². The van der Waals surface area contributed by atoms with Crippen LogP contribution >= 0.6 is 11.6 Å². The van der Waals surface area contributed by atoms with Gasteiger partial charge in [-0.05, 0) is 45.6 Å². The molecule has 0 radical (unpaired) electrons. The SMILES string of the molecule is C[C@H]1[C@@H]2[C@@H](CCN2C(=O)OC(C)(C)C)N1c1ncnc2c(F)c(-c3cccc4ccc(F)c(Cl)c34)ncc12. The number of aromatic nitrogens is 3. The number of rotatable bonds is 2. The van der Waals surface area contributed by atoms with Gasteiger partial charge in [0.25, 0.3) is 0 Å². The molecule has 2 saturated heterocycles. The molecule has 0 aliphatic carbocycles. The van der Waals surface area contributed by atoms with Crippen LogP contribution in [0.1, 0.15) is 34.1 Å². The van der Waals surface area contributed by atoms with Gasteiger partial charge in [-0.15, -0.1) is 0 Å². The molecular formula is C28H26ClF2N5O2. The summed E-state index contributed by atoms with van der Waals surface area (Å²) in [4.78, 5) is 29.8. The van der Waals surface area contributed by atoms with Crippen LogP contribution in [0, 0.1) is 11.6 Å². The maximum Gasteiger partial charge on any atom is 0.410 e. The van der Waals surface area contributed by atoms with Gasteiger partial charge >= 0.3 is 6.09 Å². The van der Waals surface area contributed by atoms with Crippen molar-refractivity contribution >= 4 is 45.2 Å². The lowest BCUT2D eigenvalue weighted by Gasteiger charge is -2.53. The second kappa shape index (κ2) is 8.73. The zero-order valence-electron chi connectivity index (χ0n) is 21.4. The van der Waals surface area contributed by atoms with Gasteiger partial charge in [-0.25, -0.2) is 23.5 Å². The van der Waals surface area contributed by atoms with E-state index in [9.17, 15) is 9.18 Å². The third kappa shape index (κ3) is 3.74. The largest absolute Gasteiger partial charge is 0.444 e. The zero-order valence-corrected chi connectivity index (χ0v) is 22.1. The number of nitrogens with zero attached hydrogens (tertiary/aromatic N) is 5. The Morgan fingerprint density at radius 3 is 2.68 bits per heavy atom. The molecule has 6 rings (SSSR count). The molecule has 2 fully saturated rings. The minimum absolute atomic E-state index is 0.0261. The first kappa shape index (κ1) is 24.7. The van der Waals surface area contributed by atoms with Crippen molar-refractivity contribution in [3.05, 3.63) is 59.5 Å². The van der Waals surface area contributed by atoms with Crippen molar-refractivity contribution in [1.82, 2.24) is 19.9 Å². The topological polar surface area (TPSA) is 71.5 Å². The predicted octanol–water partition coefficient (Wildman–Crippen LogP) is 6.36. The number of carbonyl (C=O) groups excluding carboxylic acids is 1. The van der Waals surface area contributed by atoms with Gasteiger partial charge in [0.2, 0.25) is 0 Å². The third-order valence-electron chi connectivity index (χ3n) is 7.37. The average Bonchev–Trinajstić information content (AvgIpc) is 3.26. The van der Waals surface area contributed by atoms with Crippen LogP contribution in [0.25, 0.3) is 32.9 Å². The van der Waals surface area contributed by atoms with Crippen molar-refractivity contribution in [3.8, 4) is 11.3 Å². The highest BCUT2D eigenvalue weighted by Crippen LogP contribution is 2.44. The van der Waals surface area contributed by atoms with Crippen LogP contribution in [0.3, 0.4) is 0 Å². The fraction of sp³-hybridized carbons (Fsp3) is 0.357. The molecule has 4 heterocycles. The zero-order chi connectivity index (χ0) is 26.9. The first-order chi connectivity index (χ1) is 18.1. The van der Waals surface area contributed by atoms with Crippen molar-refractivity contribution in [2.75, 3.05) is 11.4 Å². The maximum absolute atomic E-state index is 16.0. The summed E-state index contributed by atoms with van der Waals surface area (Å²) in [5.41, 5.74) is -0.0484. The van der Waals surface area contributed by atoms with Gasteiger partial charge in [0.05, 0.1) is 28.5 Å². The van der Waals surface area contributed by atoms with Crippen LogP contribution in [0.4, 0.5) is 19.4 Å². The van der Waals surface area contributed by atoms with Crippen molar-refractivity contribution < 1.29 is 18.3 Å². The van der Waals surface area contributed by atoms with Crippen molar-refractivity contribution in [1.29, 1.82) is 0 Å². The summed E-state index contributed by atoms with van der Waals surface area (Å²) in [5, 5.41) is 1.45. The molecule has 2 aromatic carbocycles. The lowest BCUT2D eigenvalue weighted by molar-refractivity contribution is 0.0150. The van der Waals surface area contributed by atoms with E-state index >= 15 is 4.39 Å². The number of likely N-dealkylation sites (tertiary alicyclic amines) is 1. The van der Waals surface area contributed by atoms with E-state index in [1.165, 1.54) is 12.4 Å². The van der Waals surface area contributed by atoms with Crippen LogP contribution in [0.15, 0.2) is 42.9 Å². The Balaban J connectivity index is 1.38. The Kier molecular flexibility index (Phi) is 5.68. The minimum atomic E-state index is -0.634. The molecule has 0 unspecified atom stereocenters. The molecule has 1 amide bonds. The van der Waals surface area contributed by atoms with Crippen LogP contribution in [0.5, 0.6) is 0 Å². The number of pyridine rings is 1. The molecule has 2 aliphatic rings. The van der Waals surface area contributed by atoms with E-state index in [0.717, 1.165) is 6.42 Å². The van der Waals surface area contributed by atoms with Crippen LogP contribution < -0.4 is 4.90 Å². The fourth-order valence-corrected chi connectivity index (χ4v) is 6.09. The highest BCUT2D eigenvalue weighted by molar-refractivity contribution is 6.36. The highest BCUT2D eigenvalue weighted by Gasteiger charge is 2.55. The molecule has 2 aliphatic heterocycles. The number of anilines is 1. The van der Waals surface area contributed by atoms with Crippen LogP contribution in [-0.4, -0.2) is 56.2 Å². The highest BCUT2D eigenvalue weighted by atomic mass is 35.5. The van der Waals surface area contributed by atoms with Gasteiger partial charge in [-0.2, -0.15) is 0 Å². The summed E-state index contributed by atoms with van der Waals surface area (Å²) in [6.45, 7) is 8.13. The number of ether oxygens (including phenoxy) is 1. The molecule has 10 heteroatoms. The van der Waals surface area contributed by atoms with E-state index < -0.39 is 17.2 Å². The van der Waals surface area contributed by atoms with E-state index in [4.69, 9.17) is 16.3 Å². The summed E-state index contributed by atoms with van der Waals surface area (Å²) in [5.74, 6) is -0.656. The van der Waals surface area contributed by atoms with E-state index in [0.29, 0.717) is 34.1 Å². The second-order valence-corrected chi connectivity index (χ2v) is 11.2. The summed E-state index contributed by atoms with van der Waals surface area (Å²) < 4.78 is 35.9. The van der Waals surface area contributed by atoms with Gasteiger partial charge in [0, 0.05) is 23.7 Å². The first-order valence-electron chi connectivity index (χ1n) is 12.5. The molecule has 2 aromatic heterocycles. The Hall–Kier alpha value is -3.59. The minimum Gasteiger partial charge on any atom is -0.444 e. The molecular weight excluding hydrogens is 512 g/mol. The second-order valence-electron chi connectivity index (χ2n) is 10.8. The Morgan fingerprint density at radius 2 is 1.92 bits per heavy atom. The molecule has 0 spiro atoms. The van der Waals surface area contributed by atoms with E-state index in [2.05, 4.69) is 19.9 Å².